The number of methoxy groups -OCH3 is 1. The van der Waals surface area contributed by atoms with Crippen molar-refractivity contribution in [3.05, 3.63) is 59.1 Å². The van der Waals surface area contributed by atoms with Crippen molar-refractivity contribution < 1.29 is 14.3 Å². The Morgan fingerprint density at radius 2 is 1.74 bits per heavy atom. The standard InChI is InChI=1S/C16H16ClN3O3/c1-23-14-5-3-2-4-13(14)18-10-15(21)19-20-16(22)11-6-8-12(17)9-7-11/h2-9,18H,10H2,1H3,(H,19,21)(H,20,22). The lowest BCUT2D eigenvalue weighted by atomic mass is 10.2. The van der Waals surface area contributed by atoms with E-state index < -0.39 is 11.8 Å². The first-order valence-corrected chi connectivity index (χ1v) is 7.19. The van der Waals surface area contributed by atoms with Gasteiger partial charge in [-0.25, -0.2) is 0 Å². The number of para-hydroxylation sites is 2. The molecule has 2 aromatic rings. The first-order valence-electron chi connectivity index (χ1n) is 6.82. The van der Waals surface area contributed by atoms with E-state index in [-0.39, 0.29) is 6.54 Å². The predicted octanol–water partition coefficient (Wildman–Crippen LogP) is 2.22. The molecule has 0 aliphatic carbocycles. The van der Waals surface area contributed by atoms with Gasteiger partial charge in [-0.2, -0.15) is 0 Å². The van der Waals surface area contributed by atoms with Gasteiger partial charge in [-0.05, 0) is 36.4 Å². The first kappa shape index (κ1) is 16.6. The van der Waals surface area contributed by atoms with Crippen molar-refractivity contribution in [1.82, 2.24) is 10.9 Å². The van der Waals surface area contributed by atoms with Crippen molar-refractivity contribution in [2.24, 2.45) is 0 Å². The van der Waals surface area contributed by atoms with E-state index in [0.717, 1.165) is 0 Å². The highest BCUT2D eigenvalue weighted by molar-refractivity contribution is 6.30. The molecule has 0 aromatic heterocycles. The van der Waals surface area contributed by atoms with Crippen molar-refractivity contribution in [3.63, 3.8) is 0 Å². The van der Waals surface area contributed by atoms with Gasteiger partial charge < -0.3 is 10.1 Å². The molecular weight excluding hydrogens is 318 g/mol. The summed E-state index contributed by atoms with van der Waals surface area (Å²) in [7, 11) is 1.55. The largest absolute Gasteiger partial charge is 0.495 e. The van der Waals surface area contributed by atoms with Gasteiger partial charge >= 0.3 is 0 Å². The monoisotopic (exact) mass is 333 g/mol. The van der Waals surface area contributed by atoms with Crippen LogP contribution < -0.4 is 20.9 Å². The molecule has 120 valence electrons. The summed E-state index contributed by atoms with van der Waals surface area (Å²) in [5, 5.41) is 3.46. The minimum Gasteiger partial charge on any atom is -0.495 e. The summed E-state index contributed by atoms with van der Waals surface area (Å²) < 4.78 is 5.17. The molecule has 0 saturated carbocycles. The average molecular weight is 334 g/mol. The maximum Gasteiger partial charge on any atom is 0.269 e. The molecule has 2 rings (SSSR count). The number of ether oxygens (including phenoxy) is 1. The van der Waals surface area contributed by atoms with E-state index in [0.29, 0.717) is 22.0 Å². The van der Waals surface area contributed by atoms with Gasteiger partial charge in [0.15, 0.2) is 0 Å². The zero-order valence-corrected chi connectivity index (χ0v) is 13.2. The van der Waals surface area contributed by atoms with Crippen molar-refractivity contribution >= 4 is 29.1 Å². The number of nitrogens with one attached hydrogen (secondary N) is 3. The highest BCUT2D eigenvalue weighted by atomic mass is 35.5. The van der Waals surface area contributed by atoms with Crippen LogP contribution in [0, 0.1) is 0 Å². The van der Waals surface area contributed by atoms with Gasteiger partial charge in [0.1, 0.15) is 5.75 Å². The highest BCUT2D eigenvalue weighted by Gasteiger charge is 2.08. The maximum absolute atomic E-state index is 11.8. The molecule has 0 aliphatic heterocycles. The molecular formula is C16H16ClN3O3. The fourth-order valence-corrected chi connectivity index (χ4v) is 1.94. The number of halogens is 1. The van der Waals surface area contributed by atoms with E-state index in [1.807, 2.05) is 12.1 Å². The summed E-state index contributed by atoms with van der Waals surface area (Å²) in [6, 6.07) is 13.6. The first-order chi connectivity index (χ1) is 11.1. The summed E-state index contributed by atoms with van der Waals surface area (Å²) >= 11 is 5.75. The van der Waals surface area contributed by atoms with Gasteiger partial charge in [0, 0.05) is 10.6 Å². The van der Waals surface area contributed by atoms with E-state index >= 15 is 0 Å². The number of hydrogen-bond acceptors (Lipinski definition) is 4. The number of anilines is 1. The topological polar surface area (TPSA) is 79.5 Å². The summed E-state index contributed by atoms with van der Waals surface area (Å²) in [4.78, 5) is 23.6. The molecule has 0 atom stereocenters. The number of hydrazine groups is 1. The summed E-state index contributed by atoms with van der Waals surface area (Å²) in [5.74, 6) is -0.184. The molecule has 7 heteroatoms. The lowest BCUT2D eigenvalue weighted by Gasteiger charge is -2.11. The van der Waals surface area contributed by atoms with Crippen molar-refractivity contribution in [1.29, 1.82) is 0 Å². The molecule has 6 nitrogen and oxygen atoms in total. The van der Waals surface area contributed by atoms with Crippen LogP contribution >= 0.6 is 11.6 Å². The fourth-order valence-electron chi connectivity index (χ4n) is 1.81. The van der Waals surface area contributed by atoms with Crippen molar-refractivity contribution in [3.8, 4) is 5.75 Å². The van der Waals surface area contributed by atoms with Crippen LogP contribution in [-0.2, 0) is 4.79 Å². The Bertz CT molecular complexity index is 689. The second kappa shape index (κ2) is 8.05. The van der Waals surface area contributed by atoms with Crippen LogP contribution in [0.2, 0.25) is 5.02 Å². The predicted molar refractivity (Wildman–Crippen MR) is 88.5 cm³/mol. The molecule has 0 fully saturated rings. The third kappa shape index (κ3) is 4.89. The molecule has 3 N–H and O–H groups in total. The fraction of sp³-hybridized carbons (Fsp3) is 0.125. The third-order valence-electron chi connectivity index (χ3n) is 2.97. The molecule has 0 aliphatic rings. The Morgan fingerprint density at radius 1 is 1.04 bits per heavy atom. The Morgan fingerprint density at radius 3 is 2.43 bits per heavy atom. The zero-order valence-electron chi connectivity index (χ0n) is 12.4. The van der Waals surface area contributed by atoms with Gasteiger partial charge in [0.05, 0.1) is 19.3 Å². The van der Waals surface area contributed by atoms with Gasteiger partial charge in [0.25, 0.3) is 11.8 Å². The Hall–Kier alpha value is -2.73. The summed E-state index contributed by atoms with van der Waals surface area (Å²) in [5.41, 5.74) is 5.74. The van der Waals surface area contributed by atoms with Crippen LogP contribution in [0.4, 0.5) is 5.69 Å². The quantitative estimate of drug-likeness (QED) is 0.733. The lowest BCUT2D eigenvalue weighted by molar-refractivity contribution is -0.120. The van der Waals surface area contributed by atoms with Crippen LogP contribution in [-0.4, -0.2) is 25.5 Å². The molecule has 0 saturated heterocycles. The molecule has 2 aromatic carbocycles. The van der Waals surface area contributed by atoms with Crippen molar-refractivity contribution in [2.45, 2.75) is 0 Å². The summed E-state index contributed by atoms with van der Waals surface area (Å²) in [6.45, 7) is -0.0126. The van der Waals surface area contributed by atoms with E-state index in [1.54, 1.807) is 43.5 Å². The number of rotatable bonds is 5. The molecule has 0 heterocycles. The second-order valence-electron chi connectivity index (χ2n) is 4.56. The zero-order chi connectivity index (χ0) is 16.7. The number of amides is 2. The molecule has 0 bridgehead atoms. The Kier molecular flexibility index (Phi) is 5.82. The Balaban J connectivity index is 1.81. The molecule has 23 heavy (non-hydrogen) atoms. The van der Waals surface area contributed by atoms with Gasteiger partial charge in [-0.15, -0.1) is 0 Å². The summed E-state index contributed by atoms with van der Waals surface area (Å²) in [6.07, 6.45) is 0. The van der Waals surface area contributed by atoms with E-state index in [9.17, 15) is 9.59 Å². The normalized spacial score (nSPS) is 9.83. The average Bonchev–Trinajstić information content (AvgIpc) is 2.58. The number of carbonyl (C=O) groups excluding carboxylic acids is 2. The number of carbonyl (C=O) groups is 2. The van der Waals surface area contributed by atoms with Crippen LogP contribution in [0.15, 0.2) is 48.5 Å². The SMILES string of the molecule is COc1ccccc1NCC(=O)NNC(=O)c1ccc(Cl)cc1. The van der Waals surface area contributed by atoms with Crippen LogP contribution in [0.5, 0.6) is 5.75 Å². The number of hydrogen-bond donors (Lipinski definition) is 3. The van der Waals surface area contributed by atoms with Crippen LogP contribution in [0.3, 0.4) is 0 Å². The van der Waals surface area contributed by atoms with Crippen LogP contribution in [0.25, 0.3) is 0 Å². The molecule has 0 radical (unpaired) electrons. The minimum atomic E-state index is -0.424. The second-order valence-corrected chi connectivity index (χ2v) is 5.00. The van der Waals surface area contributed by atoms with Gasteiger partial charge in [0.2, 0.25) is 0 Å². The van der Waals surface area contributed by atoms with Gasteiger partial charge in [-0.3, -0.25) is 20.4 Å². The van der Waals surface area contributed by atoms with Gasteiger partial charge in [-0.1, -0.05) is 23.7 Å². The van der Waals surface area contributed by atoms with E-state index in [4.69, 9.17) is 16.3 Å². The van der Waals surface area contributed by atoms with E-state index in [2.05, 4.69) is 16.2 Å². The number of benzene rings is 2. The minimum absolute atomic E-state index is 0.0126. The molecule has 0 unspecified atom stereocenters. The Labute approximate surface area is 138 Å². The third-order valence-corrected chi connectivity index (χ3v) is 3.22. The van der Waals surface area contributed by atoms with Crippen LogP contribution in [0.1, 0.15) is 10.4 Å². The maximum atomic E-state index is 11.8. The molecule has 2 amide bonds. The highest BCUT2D eigenvalue weighted by Crippen LogP contribution is 2.22. The molecule has 0 spiro atoms. The lowest BCUT2D eigenvalue weighted by Crippen LogP contribution is -2.44. The smallest absolute Gasteiger partial charge is 0.269 e. The van der Waals surface area contributed by atoms with Crippen molar-refractivity contribution in [2.75, 3.05) is 19.0 Å². The van der Waals surface area contributed by atoms with E-state index in [1.165, 1.54) is 0 Å².